The lowest BCUT2D eigenvalue weighted by Crippen LogP contribution is -2.61. The Morgan fingerprint density at radius 3 is 2.41 bits per heavy atom. The van der Waals surface area contributed by atoms with Crippen molar-refractivity contribution in [3.8, 4) is 0 Å². The SMILES string of the molecule is CC(/C=C/C=O)=C1\C(=O)C[C@H]2[C@@]3(C)CC[C@H](O)[C@](C)(C(=O)O)[C@@H]3CC[C@]12C. The number of rotatable bonds is 3. The van der Waals surface area contributed by atoms with Crippen LogP contribution < -0.4 is 0 Å². The lowest BCUT2D eigenvalue weighted by molar-refractivity contribution is -0.194. The Morgan fingerprint density at radius 1 is 1.15 bits per heavy atom. The maximum Gasteiger partial charge on any atom is 0.312 e. The number of aliphatic hydroxyl groups is 1. The molecule has 0 heterocycles. The molecule has 3 rings (SSSR count). The van der Waals surface area contributed by atoms with E-state index in [4.69, 9.17) is 0 Å². The molecule has 27 heavy (non-hydrogen) atoms. The van der Waals surface area contributed by atoms with Crippen molar-refractivity contribution in [2.24, 2.45) is 28.1 Å². The first-order valence-electron chi connectivity index (χ1n) is 9.81. The number of allylic oxidation sites excluding steroid dienone is 4. The van der Waals surface area contributed by atoms with Gasteiger partial charge in [-0.1, -0.05) is 19.9 Å². The van der Waals surface area contributed by atoms with Gasteiger partial charge in [-0.25, -0.2) is 0 Å². The molecule has 6 atom stereocenters. The number of ketones is 1. The predicted octanol–water partition coefficient (Wildman–Crippen LogP) is 3.32. The molecule has 2 N–H and O–H groups in total. The van der Waals surface area contributed by atoms with Crippen LogP contribution in [0.2, 0.25) is 0 Å². The number of aliphatic hydroxyl groups excluding tert-OH is 1. The number of Topliss-reactive ketones (excluding diaryl/α,β-unsaturated/α-hetero) is 1. The predicted molar refractivity (Wildman–Crippen MR) is 101 cm³/mol. The van der Waals surface area contributed by atoms with Crippen LogP contribution in [-0.2, 0) is 14.4 Å². The highest BCUT2D eigenvalue weighted by Gasteiger charge is 2.67. The number of hydrogen-bond donors (Lipinski definition) is 2. The molecular formula is C22H30O5. The van der Waals surface area contributed by atoms with E-state index in [2.05, 4.69) is 13.8 Å². The van der Waals surface area contributed by atoms with Crippen molar-refractivity contribution in [2.45, 2.75) is 65.9 Å². The van der Waals surface area contributed by atoms with Gasteiger partial charge in [0.1, 0.15) is 6.29 Å². The molecular weight excluding hydrogens is 344 g/mol. The Bertz CT molecular complexity index is 750. The molecule has 0 spiro atoms. The number of carboxylic acid groups (broad SMARTS) is 1. The lowest BCUT2D eigenvalue weighted by atomic mass is 9.43. The van der Waals surface area contributed by atoms with E-state index in [9.17, 15) is 24.6 Å². The summed E-state index contributed by atoms with van der Waals surface area (Å²) in [6, 6.07) is 0. The van der Waals surface area contributed by atoms with E-state index in [0.29, 0.717) is 25.5 Å². The molecule has 3 aliphatic carbocycles. The molecule has 148 valence electrons. The maximum atomic E-state index is 13.0. The number of fused-ring (bicyclic) bond motifs is 3. The number of carbonyl (C=O) groups is 3. The molecule has 0 bridgehead atoms. The van der Waals surface area contributed by atoms with Gasteiger partial charge in [-0.3, -0.25) is 14.4 Å². The third kappa shape index (κ3) is 2.58. The minimum absolute atomic E-state index is 0.0528. The van der Waals surface area contributed by atoms with Gasteiger partial charge in [0.25, 0.3) is 0 Å². The van der Waals surface area contributed by atoms with Crippen molar-refractivity contribution in [3.05, 3.63) is 23.3 Å². The first-order valence-corrected chi connectivity index (χ1v) is 9.81. The van der Waals surface area contributed by atoms with Crippen molar-refractivity contribution in [2.75, 3.05) is 0 Å². The Labute approximate surface area is 160 Å². The highest BCUT2D eigenvalue weighted by molar-refractivity contribution is 6.01. The molecule has 0 unspecified atom stereocenters. The zero-order valence-corrected chi connectivity index (χ0v) is 16.6. The number of hydrogen-bond acceptors (Lipinski definition) is 4. The van der Waals surface area contributed by atoms with Crippen LogP contribution >= 0.6 is 0 Å². The van der Waals surface area contributed by atoms with Crippen LogP contribution in [0.15, 0.2) is 23.3 Å². The average molecular weight is 374 g/mol. The van der Waals surface area contributed by atoms with Crippen LogP contribution in [0.3, 0.4) is 0 Å². The highest BCUT2D eigenvalue weighted by atomic mass is 16.4. The second kappa shape index (κ2) is 6.40. The summed E-state index contributed by atoms with van der Waals surface area (Å²) in [4.78, 5) is 35.8. The van der Waals surface area contributed by atoms with Gasteiger partial charge in [0.15, 0.2) is 5.78 Å². The fourth-order valence-corrected chi connectivity index (χ4v) is 6.82. The fourth-order valence-electron chi connectivity index (χ4n) is 6.82. The molecule has 3 aliphatic rings. The van der Waals surface area contributed by atoms with Crippen LogP contribution in [0.4, 0.5) is 0 Å². The lowest BCUT2D eigenvalue weighted by Gasteiger charge is -2.61. The molecule has 5 heteroatoms. The second-order valence-electron chi connectivity index (χ2n) is 9.39. The summed E-state index contributed by atoms with van der Waals surface area (Å²) in [7, 11) is 0. The van der Waals surface area contributed by atoms with E-state index >= 15 is 0 Å². The van der Waals surface area contributed by atoms with Crippen molar-refractivity contribution < 1.29 is 24.6 Å². The molecule has 0 aromatic heterocycles. The summed E-state index contributed by atoms with van der Waals surface area (Å²) in [5, 5.41) is 20.5. The smallest absolute Gasteiger partial charge is 0.312 e. The van der Waals surface area contributed by atoms with Gasteiger partial charge < -0.3 is 10.2 Å². The minimum atomic E-state index is -1.18. The highest BCUT2D eigenvalue weighted by Crippen LogP contribution is 2.69. The summed E-state index contributed by atoms with van der Waals surface area (Å²) in [5.74, 6) is -0.945. The number of aliphatic carboxylic acids is 1. The zero-order chi connectivity index (χ0) is 20.2. The van der Waals surface area contributed by atoms with Crippen LogP contribution in [0.5, 0.6) is 0 Å². The molecule has 0 radical (unpaired) electrons. The van der Waals surface area contributed by atoms with Gasteiger partial charge in [-0.15, -0.1) is 0 Å². The fraction of sp³-hybridized carbons (Fsp3) is 0.682. The largest absolute Gasteiger partial charge is 0.481 e. The number of carbonyl (C=O) groups excluding carboxylic acids is 2. The van der Waals surface area contributed by atoms with Gasteiger partial charge >= 0.3 is 5.97 Å². The quantitative estimate of drug-likeness (QED) is 0.584. The van der Waals surface area contributed by atoms with Crippen molar-refractivity contribution >= 4 is 18.0 Å². The van der Waals surface area contributed by atoms with Crippen LogP contribution in [0.1, 0.15) is 59.8 Å². The standard InChI is InChI=1S/C22H30O5/c1-13(6-5-11-23)18-14(24)12-16-20(2)10-8-17(25)22(4,19(26)27)15(20)7-9-21(16,18)3/h5-6,11,15-17,25H,7-10,12H2,1-4H3,(H,26,27)/b6-5+,18-13-/t15-,16+,17+,20+,21+,22-/m1/s1. The summed E-state index contributed by atoms with van der Waals surface area (Å²) < 4.78 is 0. The third-order valence-electron chi connectivity index (χ3n) is 8.21. The normalized spacial score (nSPS) is 46.1. The Hall–Kier alpha value is -1.75. The molecule has 0 saturated heterocycles. The van der Waals surface area contributed by atoms with E-state index in [1.165, 1.54) is 6.08 Å². The van der Waals surface area contributed by atoms with Crippen LogP contribution in [-0.4, -0.2) is 34.4 Å². The first-order chi connectivity index (χ1) is 12.5. The Kier molecular flexibility index (Phi) is 4.74. The van der Waals surface area contributed by atoms with E-state index in [1.54, 1.807) is 13.0 Å². The van der Waals surface area contributed by atoms with Gasteiger partial charge in [-0.2, -0.15) is 0 Å². The summed E-state index contributed by atoms with van der Waals surface area (Å²) in [6.45, 7) is 7.80. The summed E-state index contributed by atoms with van der Waals surface area (Å²) in [6.07, 6.45) is 5.95. The topological polar surface area (TPSA) is 91.7 Å². The monoisotopic (exact) mass is 374 g/mol. The molecule has 0 amide bonds. The first kappa shape index (κ1) is 20.0. The molecule has 0 aliphatic heterocycles. The van der Waals surface area contributed by atoms with Crippen molar-refractivity contribution in [1.82, 2.24) is 0 Å². The summed E-state index contributed by atoms with van der Waals surface area (Å²) in [5.41, 5.74) is -0.187. The molecule has 0 aromatic rings. The maximum absolute atomic E-state index is 13.0. The summed E-state index contributed by atoms with van der Waals surface area (Å²) >= 11 is 0. The van der Waals surface area contributed by atoms with Gasteiger partial charge in [-0.05, 0) is 68.4 Å². The van der Waals surface area contributed by atoms with E-state index < -0.39 is 17.5 Å². The molecule has 5 nitrogen and oxygen atoms in total. The Balaban J connectivity index is 2.10. The van der Waals surface area contributed by atoms with Crippen LogP contribution in [0, 0.1) is 28.1 Å². The van der Waals surface area contributed by atoms with Crippen molar-refractivity contribution in [1.29, 1.82) is 0 Å². The van der Waals surface area contributed by atoms with Gasteiger partial charge in [0.05, 0.1) is 11.5 Å². The van der Waals surface area contributed by atoms with Crippen LogP contribution in [0.25, 0.3) is 0 Å². The minimum Gasteiger partial charge on any atom is -0.481 e. The van der Waals surface area contributed by atoms with E-state index in [-0.39, 0.29) is 28.4 Å². The average Bonchev–Trinajstić information content (AvgIpc) is 2.88. The number of carboxylic acids is 1. The van der Waals surface area contributed by atoms with Gasteiger partial charge in [0.2, 0.25) is 0 Å². The molecule has 3 fully saturated rings. The molecule has 3 saturated carbocycles. The second-order valence-corrected chi connectivity index (χ2v) is 9.39. The van der Waals surface area contributed by atoms with E-state index in [1.807, 2.05) is 6.92 Å². The Morgan fingerprint density at radius 2 is 1.81 bits per heavy atom. The van der Waals surface area contributed by atoms with E-state index in [0.717, 1.165) is 24.0 Å². The van der Waals surface area contributed by atoms with Gasteiger partial charge in [0, 0.05) is 17.4 Å². The van der Waals surface area contributed by atoms with Crippen molar-refractivity contribution in [3.63, 3.8) is 0 Å². The molecule has 0 aromatic carbocycles. The third-order valence-corrected chi connectivity index (χ3v) is 8.21. The zero-order valence-electron chi connectivity index (χ0n) is 16.6. The number of aldehydes is 1.